The number of carbonyl (C=O) groups excluding carboxylic acids is 1. The van der Waals surface area contributed by atoms with Gasteiger partial charge in [0.2, 0.25) is 0 Å². The molecule has 0 radical (unpaired) electrons. The van der Waals surface area contributed by atoms with E-state index in [-0.39, 0.29) is 6.03 Å². The van der Waals surface area contributed by atoms with Crippen LogP contribution in [0.1, 0.15) is 16.8 Å². The van der Waals surface area contributed by atoms with E-state index in [9.17, 15) is 4.79 Å². The Labute approximate surface area is 123 Å². The highest BCUT2D eigenvalue weighted by Crippen LogP contribution is 2.24. The molecule has 21 heavy (non-hydrogen) atoms. The lowest BCUT2D eigenvalue weighted by Gasteiger charge is -2.09. The standard InChI is InChI=1S/C17H17N3O/c1-12-13(2)20(16-8-4-3-7-15(12)16)17(21)19-11-14-6-5-9-18-10-14/h3-10H,11H2,1-2H3,(H,19,21). The number of aryl methyl sites for hydroxylation is 1. The number of amides is 1. The van der Waals surface area contributed by atoms with Crippen LogP contribution in [0.15, 0.2) is 48.8 Å². The van der Waals surface area contributed by atoms with Crippen LogP contribution in [-0.4, -0.2) is 15.6 Å². The number of carbonyl (C=O) groups is 1. The van der Waals surface area contributed by atoms with Crippen molar-refractivity contribution >= 4 is 16.9 Å². The molecule has 3 rings (SSSR count). The molecular formula is C17H17N3O. The quantitative estimate of drug-likeness (QED) is 0.781. The van der Waals surface area contributed by atoms with Crippen LogP contribution in [0.3, 0.4) is 0 Å². The minimum Gasteiger partial charge on any atom is -0.333 e. The van der Waals surface area contributed by atoms with Crippen molar-refractivity contribution in [2.75, 3.05) is 0 Å². The molecule has 0 aliphatic heterocycles. The number of pyridine rings is 1. The number of hydrogen-bond donors (Lipinski definition) is 1. The zero-order valence-electron chi connectivity index (χ0n) is 12.1. The Hall–Kier alpha value is -2.62. The Morgan fingerprint density at radius 1 is 1.19 bits per heavy atom. The Morgan fingerprint density at radius 2 is 2.00 bits per heavy atom. The van der Waals surface area contributed by atoms with Crippen LogP contribution in [0.5, 0.6) is 0 Å². The Balaban J connectivity index is 1.90. The molecule has 2 aromatic heterocycles. The van der Waals surface area contributed by atoms with Gasteiger partial charge in [-0.1, -0.05) is 24.3 Å². The van der Waals surface area contributed by atoms with Crippen molar-refractivity contribution in [2.24, 2.45) is 0 Å². The number of rotatable bonds is 2. The van der Waals surface area contributed by atoms with E-state index in [0.717, 1.165) is 27.7 Å². The van der Waals surface area contributed by atoms with E-state index in [1.165, 1.54) is 0 Å². The molecule has 3 aromatic rings. The van der Waals surface area contributed by atoms with Gasteiger partial charge >= 0.3 is 6.03 Å². The maximum atomic E-state index is 12.5. The molecule has 0 aliphatic rings. The van der Waals surface area contributed by atoms with Crippen molar-refractivity contribution in [1.29, 1.82) is 0 Å². The fourth-order valence-corrected chi connectivity index (χ4v) is 2.55. The van der Waals surface area contributed by atoms with E-state index >= 15 is 0 Å². The number of fused-ring (bicyclic) bond motifs is 1. The smallest absolute Gasteiger partial charge is 0.326 e. The second-order valence-corrected chi connectivity index (χ2v) is 5.08. The van der Waals surface area contributed by atoms with Crippen LogP contribution in [-0.2, 0) is 6.54 Å². The van der Waals surface area contributed by atoms with Gasteiger partial charge in [0.25, 0.3) is 0 Å². The molecule has 0 saturated heterocycles. The van der Waals surface area contributed by atoms with Gasteiger partial charge in [-0.3, -0.25) is 9.55 Å². The van der Waals surface area contributed by atoms with E-state index in [2.05, 4.69) is 10.3 Å². The number of hydrogen-bond acceptors (Lipinski definition) is 2. The molecule has 1 aromatic carbocycles. The third kappa shape index (κ3) is 2.40. The molecule has 4 nitrogen and oxygen atoms in total. The van der Waals surface area contributed by atoms with Crippen LogP contribution >= 0.6 is 0 Å². The molecule has 0 atom stereocenters. The molecule has 106 valence electrons. The minimum atomic E-state index is -0.111. The van der Waals surface area contributed by atoms with Gasteiger partial charge in [0.1, 0.15) is 0 Å². The van der Waals surface area contributed by atoms with Gasteiger partial charge in [0.05, 0.1) is 5.52 Å². The van der Waals surface area contributed by atoms with E-state index < -0.39 is 0 Å². The van der Waals surface area contributed by atoms with Gasteiger partial charge in [-0.05, 0) is 37.1 Å². The lowest BCUT2D eigenvalue weighted by Crippen LogP contribution is -2.28. The Bertz CT molecular complexity index is 790. The van der Waals surface area contributed by atoms with Gasteiger partial charge in [-0.2, -0.15) is 0 Å². The van der Waals surface area contributed by atoms with Crippen LogP contribution in [0.4, 0.5) is 4.79 Å². The first-order valence-corrected chi connectivity index (χ1v) is 6.92. The fourth-order valence-electron chi connectivity index (χ4n) is 2.55. The van der Waals surface area contributed by atoms with Crippen molar-refractivity contribution in [1.82, 2.24) is 14.9 Å². The molecule has 0 aliphatic carbocycles. The maximum Gasteiger partial charge on any atom is 0.326 e. The second kappa shape index (κ2) is 5.40. The van der Waals surface area contributed by atoms with E-state index in [4.69, 9.17) is 0 Å². The highest BCUT2D eigenvalue weighted by atomic mass is 16.2. The minimum absolute atomic E-state index is 0.111. The van der Waals surface area contributed by atoms with Crippen LogP contribution < -0.4 is 5.32 Å². The van der Waals surface area contributed by atoms with Crippen molar-refractivity contribution in [2.45, 2.75) is 20.4 Å². The SMILES string of the molecule is Cc1c(C)n(C(=O)NCc2cccnc2)c2ccccc12. The molecule has 0 saturated carbocycles. The average molecular weight is 279 g/mol. The number of nitrogens with zero attached hydrogens (tertiary/aromatic N) is 2. The lowest BCUT2D eigenvalue weighted by molar-refractivity contribution is 0.242. The summed E-state index contributed by atoms with van der Waals surface area (Å²) in [6.07, 6.45) is 3.48. The zero-order chi connectivity index (χ0) is 14.8. The number of nitrogens with one attached hydrogen (secondary N) is 1. The maximum absolute atomic E-state index is 12.5. The summed E-state index contributed by atoms with van der Waals surface area (Å²) < 4.78 is 1.74. The van der Waals surface area contributed by atoms with E-state index in [1.54, 1.807) is 17.0 Å². The van der Waals surface area contributed by atoms with E-state index in [0.29, 0.717) is 6.54 Å². The van der Waals surface area contributed by atoms with Crippen LogP contribution in [0, 0.1) is 13.8 Å². The van der Waals surface area contributed by atoms with Crippen LogP contribution in [0.25, 0.3) is 10.9 Å². The van der Waals surface area contributed by atoms with Gasteiger partial charge in [0, 0.05) is 30.0 Å². The predicted octanol–water partition coefficient (Wildman–Crippen LogP) is 3.41. The predicted molar refractivity (Wildman–Crippen MR) is 83.3 cm³/mol. The molecule has 4 heteroatoms. The molecule has 1 amide bonds. The molecule has 0 unspecified atom stereocenters. The van der Waals surface area contributed by atoms with E-state index in [1.807, 2.05) is 50.2 Å². The van der Waals surface area contributed by atoms with Gasteiger partial charge < -0.3 is 5.32 Å². The molecule has 0 bridgehead atoms. The summed E-state index contributed by atoms with van der Waals surface area (Å²) in [4.78, 5) is 16.5. The monoisotopic (exact) mass is 279 g/mol. The Kier molecular flexibility index (Phi) is 3.44. The lowest BCUT2D eigenvalue weighted by atomic mass is 10.2. The summed E-state index contributed by atoms with van der Waals surface area (Å²) in [6, 6.07) is 11.7. The normalized spacial score (nSPS) is 10.8. The third-order valence-corrected chi connectivity index (χ3v) is 3.80. The Morgan fingerprint density at radius 3 is 2.76 bits per heavy atom. The fraction of sp³-hybridized carbons (Fsp3) is 0.176. The van der Waals surface area contributed by atoms with Crippen molar-refractivity contribution in [3.8, 4) is 0 Å². The summed E-state index contributed by atoms with van der Waals surface area (Å²) >= 11 is 0. The van der Waals surface area contributed by atoms with Crippen LogP contribution in [0.2, 0.25) is 0 Å². The summed E-state index contributed by atoms with van der Waals surface area (Å²) in [5.41, 5.74) is 4.04. The summed E-state index contributed by atoms with van der Waals surface area (Å²) in [6.45, 7) is 4.49. The highest BCUT2D eigenvalue weighted by Gasteiger charge is 2.15. The first-order chi connectivity index (χ1) is 10.2. The summed E-state index contributed by atoms with van der Waals surface area (Å²) in [5, 5.41) is 4.06. The molecule has 0 spiro atoms. The van der Waals surface area contributed by atoms with Gasteiger partial charge in [-0.25, -0.2) is 4.79 Å². The largest absolute Gasteiger partial charge is 0.333 e. The van der Waals surface area contributed by atoms with Gasteiger partial charge in [0.15, 0.2) is 0 Å². The second-order valence-electron chi connectivity index (χ2n) is 5.08. The van der Waals surface area contributed by atoms with Gasteiger partial charge in [-0.15, -0.1) is 0 Å². The van der Waals surface area contributed by atoms with Crippen molar-refractivity contribution in [3.63, 3.8) is 0 Å². The third-order valence-electron chi connectivity index (χ3n) is 3.80. The molecular weight excluding hydrogens is 262 g/mol. The number of benzene rings is 1. The zero-order valence-corrected chi connectivity index (χ0v) is 12.1. The average Bonchev–Trinajstić information content (AvgIpc) is 2.78. The highest BCUT2D eigenvalue weighted by molar-refractivity contribution is 5.95. The number of aromatic nitrogens is 2. The summed E-state index contributed by atoms with van der Waals surface area (Å²) in [7, 11) is 0. The first kappa shape index (κ1) is 13.4. The molecule has 1 N–H and O–H groups in total. The molecule has 2 heterocycles. The first-order valence-electron chi connectivity index (χ1n) is 6.92. The van der Waals surface area contributed by atoms with Crippen molar-refractivity contribution in [3.05, 3.63) is 65.6 Å². The van der Waals surface area contributed by atoms with Crippen molar-refractivity contribution < 1.29 is 4.79 Å². The number of para-hydroxylation sites is 1. The molecule has 0 fully saturated rings. The topological polar surface area (TPSA) is 46.9 Å². The summed E-state index contributed by atoms with van der Waals surface area (Å²) in [5.74, 6) is 0.